The van der Waals surface area contributed by atoms with Crippen LogP contribution in [-0.4, -0.2) is 24.1 Å². The van der Waals surface area contributed by atoms with E-state index in [-0.39, 0.29) is 0 Å². The zero-order chi connectivity index (χ0) is 12.4. The molecule has 2 aromatic heterocycles. The van der Waals surface area contributed by atoms with Gasteiger partial charge in [0.25, 0.3) is 0 Å². The molecule has 0 aliphatic carbocycles. The van der Waals surface area contributed by atoms with Gasteiger partial charge in [-0.25, -0.2) is 9.97 Å². The lowest BCUT2D eigenvalue weighted by molar-refractivity contribution is 0.544. The van der Waals surface area contributed by atoms with Gasteiger partial charge in [0.15, 0.2) is 11.6 Å². The van der Waals surface area contributed by atoms with E-state index in [0.29, 0.717) is 23.1 Å². The molecule has 0 radical (unpaired) electrons. The van der Waals surface area contributed by atoms with E-state index in [2.05, 4.69) is 9.97 Å². The first-order valence-electron chi connectivity index (χ1n) is 5.13. The number of rotatable bonds is 2. The number of anilines is 1. The van der Waals surface area contributed by atoms with Gasteiger partial charge in [0.05, 0.1) is 0 Å². The molecule has 0 aliphatic rings. The zero-order valence-electron chi connectivity index (χ0n) is 9.93. The normalized spacial score (nSPS) is 10.0. The summed E-state index contributed by atoms with van der Waals surface area (Å²) in [6.07, 6.45) is 0. The van der Waals surface area contributed by atoms with Gasteiger partial charge in [-0.3, -0.25) is 0 Å². The molecule has 17 heavy (non-hydrogen) atoms. The first-order valence-corrected chi connectivity index (χ1v) is 5.13. The highest BCUT2D eigenvalue weighted by Crippen LogP contribution is 2.21. The van der Waals surface area contributed by atoms with Gasteiger partial charge in [0.1, 0.15) is 23.3 Å². The van der Waals surface area contributed by atoms with E-state index in [1.165, 1.54) is 0 Å². The van der Waals surface area contributed by atoms with Crippen molar-refractivity contribution >= 4 is 5.82 Å². The molecule has 5 heteroatoms. The molecule has 2 heterocycles. The molecule has 0 fully saturated rings. The van der Waals surface area contributed by atoms with Crippen molar-refractivity contribution in [1.82, 2.24) is 9.97 Å². The Balaban J connectivity index is 2.54. The van der Waals surface area contributed by atoms with Crippen LogP contribution in [-0.2, 0) is 0 Å². The van der Waals surface area contributed by atoms with Crippen LogP contribution in [0.3, 0.4) is 0 Å². The summed E-state index contributed by atoms with van der Waals surface area (Å²) in [5, 5.41) is 8.93. The van der Waals surface area contributed by atoms with Crippen molar-refractivity contribution in [2.75, 3.05) is 19.0 Å². The predicted molar refractivity (Wildman–Crippen MR) is 63.5 cm³/mol. The maximum Gasteiger partial charge on any atom is 0.198 e. The van der Waals surface area contributed by atoms with Crippen molar-refractivity contribution in [3.05, 3.63) is 29.7 Å². The predicted octanol–water partition coefficient (Wildman–Crippen LogP) is 1.98. The lowest BCUT2D eigenvalue weighted by atomic mass is 10.3. The van der Waals surface area contributed by atoms with Crippen molar-refractivity contribution < 1.29 is 4.42 Å². The molecule has 5 nitrogen and oxygen atoms in total. The maximum absolute atomic E-state index is 8.93. The van der Waals surface area contributed by atoms with Gasteiger partial charge in [-0.15, -0.1) is 0 Å². The van der Waals surface area contributed by atoms with E-state index in [0.717, 1.165) is 5.76 Å². The summed E-state index contributed by atoms with van der Waals surface area (Å²) >= 11 is 0. The first-order chi connectivity index (χ1) is 8.10. The zero-order valence-corrected chi connectivity index (χ0v) is 9.93. The van der Waals surface area contributed by atoms with Crippen LogP contribution < -0.4 is 4.90 Å². The number of hydrogen-bond donors (Lipinski definition) is 0. The van der Waals surface area contributed by atoms with Crippen LogP contribution in [0, 0.1) is 18.3 Å². The van der Waals surface area contributed by atoms with E-state index in [1.54, 1.807) is 12.1 Å². The second kappa shape index (κ2) is 4.26. The number of nitrogens with zero attached hydrogens (tertiary/aromatic N) is 4. The fourth-order valence-electron chi connectivity index (χ4n) is 1.39. The highest BCUT2D eigenvalue weighted by Gasteiger charge is 2.10. The topological polar surface area (TPSA) is 66.0 Å². The highest BCUT2D eigenvalue weighted by atomic mass is 16.3. The summed E-state index contributed by atoms with van der Waals surface area (Å²) in [5.41, 5.74) is 0.327. The summed E-state index contributed by atoms with van der Waals surface area (Å²) in [6, 6.07) is 7.30. The van der Waals surface area contributed by atoms with Gasteiger partial charge in [0.2, 0.25) is 0 Å². The molecule has 0 saturated carbocycles. The van der Waals surface area contributed by atoms with Crippen LogP contribution in [0.4, 0.5) is 5.82 Å². The Bertz CT molecular complexity index is 580. The minimum Gasteiger partial charge on any atom is -0.458 e. The molecule has 0 amide bonds. The maximum atomic E-state index is 8.93. The van der Waals surface area contributed by atoms with Gasteiger partial charge < -0.3 is 9.32 Å². The Kier molecular flexibility index (Phi) is 2.79. The van der Waals surface area contributed by atoms with Gasteiger partial charge >= 0.3 is 0 Å². The third-order valence-electron chi connectivity index (χ3n) is 2.25. The monoisotopic (exact) mass is 228 g/mol. The Morgan fingerprint density at radius 3 is 2.59 bits per heavy atom. The molecule has 2 aromatic rings. The number of nitriles is 1. The first kappa shape index (κ1) is 11.1. The molecule has 0 aromatic carbocycles. The van der Waals surface area contributed by atoms with Gasteiger partial charge in [-0.2, -0.15) is 5.26 Å². The van der Waals surface area contributed by atoms with E-state index >= 15 is 0 Å². The van der Waals surface area contributed by atoms with Crippen LogP contribution in [0.5, 0.6) is 0 Å². The van der Waals surface area contributed by atoms with Crippen LogP contribution >= 0.6 is 0 Å². The molecule has 0 N–H and O–H groups in total. The second-order valence-electron chi connectivity index (χ2n) is 3.85. The van der Waals surface area contributed by atoms with Crippen LogP contribution in [0.2, 0.25) is 0 Å². The smallest absolute Gasteiger partial charge is 0.198 e. The molecule has 0 atom stereocenters. The molecule has 0 aliphatic heterocycles. The minimum absolute atomic E-state index is 0.327. The van der Waals surface area contributed by atoms with Crippen LogP contribution in [0.15, 0.2) is 22.6 Å². The van der Waals surface area contributed by atoms with Crippen molar-refractivity contribution in [2.24, 2.45) is 0 Å². The SMILES string of the molecule is Cc1ccc(-c2nc(C#N)cc(N(C)C)n2)o1. The van der Waals surface area contributed by atoms with Gasteiger partial charge in [-0.05, 0) is 19.1 Å². The van der Waals surface area contributed by atoms with Gasteiger partial charge in [-0.1, -0.05) is 0 Å². The fourth-order valence-corrected chi connectivity index (χ4v) is 1.39. The lowest BCUT2D eigenvalue weighted by Crippen LogP contribution is -2.12. The Hall–Kier alpha value is -2.35. The average molecular weight is 228 g/mol. The third-order valence-corrected chi connectivity index (χ3v) is 2.25. The quantitative estimate of drug-likeness (QED) is 0.786. The molecule has 86 valence electrons. The number of hydrogen-bond acceptors (Lipinski definition) is 5. The molecular formula is C12H12N4O. The molecule has 0 bridgehead atoms. The number of aryl methyl sites for hydroxylation is 1. The summed E-state index contributed by atoms with van der Waals surface area (Å²) in [7, 11) is 3.72. The molecule has 0 spiro atoms. The third kappa shape index (κ3) is 2.26. The Morgan fingerprint density at radius 1 is 1.29 bits per heavy atom. The van der Waals surface area contributed by atoms with Gasteiger partial charge in [0, 0.05) is 20.2 Å². The standard InChI is InChI=1S/C12H12N4O/c1-8-4-5-10(17-8)12-14-9(7-13)6-11(15-12)16(2)3/h4-6H,1-3H3. The number of aromatic nitrogens is 2. The van der Waals surface area contributed by atoms with Crippen LogP contribution in [0.25, 0.3) is 11.6 Å². The summed E-state index contributed by atoms with van der Waals surface area (Å²) in [4.78, 5) is 10.3. The lowest BCUT2D eigenvalue weighted by Gasteiger charge is -2.11. The number of furan rings is 1. The van der Waals surface area contributed by atoms with E-state index in [4.69, 9.17) is 9.68 Å². The minimum atomic E-state index is 0.327. The molecule has 0 saturated heterocycles. The average Bonchev–Trinajstić information content (AvgIpc) is 2.75. The fraction of sp³-hybridized carbons (Fsp3) is 0.250. The van der Waals surface area contributed by atoms with Crippen molar-refractivity contribution in [2.45, 2.75) is 6.92 Å². The Labute approximate surface area is 99.3 Å². The molecule has 0 unspecified atom stereocenters. The second-order valence-corrected chi connectivity index (χ2v) is 3.85. The highest BCUT2D eigenvalue weighted by molar-refractivity contribution is 5.53. The summed E-state index contributed by atoms with van der Waals surface area (Å²) in [6.45, 7) is 1.85. The van der Waals surface area contributed by atoms with Crippen LogP contribution in [0.1, 0.15) is 11.5 Å². The molecule has 2 rings (SSSR count). The molecular weight excluding hydrogens is 216 g/mol. The summed E-state index contributed by atoms with van der Waals surface area (Å²) in [5.74, 6) is 2.47. The largest absolute Gasteiger partial charge is 0.458 e. The van der Waals surface area contributed by atoms with Crippen molar-refractivity contribution in [3.63, 3.8) is 0 Å². The van der Waals surface area contributed by atoms with E-state index in [1.807, 2.05) is 38.1 Å². The van der Waals surface area contributed by atoms with E-state index < -0.39 is 0 Å². The Morgan fingerprint density at radius 2 is 2.06 bits per heavy atom. The van der Waals surface area contributed by atoms with Crippen molar-refractivity contribution in [1.29, 1.82) is 5.26 Å². The van der Waals surface area contributed by atoms with E-state index in [9.17, 15) is 0 Å². The van der Waals surface area contributed by atoms with Crippen molar-refractivity contribution in [3.8, 4) is 17.7 Å². The summed E-state index contributed by atoms with van der Waals surface area (Å²) < 4.78 is 5.45.